The zero-order chi connectivity index (χ0) is 23.1. The van der Waals surface area contributed by atoms with Crippen LogP contribution in [0.15, 0.2) is 60.7 Å². The summed E-state index contributed by atoms with van der Waals surface area (Å²) in [4.78, 5) is 3.50. The van der Waals surface area contributed by atoms with Crippen molar-refractivity contribution in [1.82, 2.24) is 4.90 Å². The van der Waals surface area contributed by atoms with Gasteiger partial charge in [-0.3, -0.25) is 0 Å². The Morgan fingerprint density at radius 2 is 1.76 bits per heavy atom. The summed E-state index contributed by atoms with van der Waals surface area (Å²) in [5.74, 6) is -0.00831. The van der Waals surface area contributed by atoms with Crippen molar-refractivity contribution in [1.29, 1.82) is 0 Å². The highest BCUT2D eigenvalue weighted by Gasteiger charge is 2.32. The van der Waals surface area contributed by atoms with Crippen LogP contribution in [0.3, 0.4) is 0 Å². The molecular weight excluding hydrogens is 429 g/mol. The summed E-state index contributed by atoms with van der Waals surface area (Å²) in [6.45, 7) is 5.95. The highest BCUT2D eigenvalue weighted by atomic mass is 32.1. The summed E-state index contributed by atoms with van der Waals surface area (Å²) in [7, 11) is 4.18. The first-order chi connectivity index (χ1) is 15.9. The van der Waals surface area contributed by atoms with Crippen molar-refractivity contribution in [2.75, 3.05) is 20.6 Å². The van der Waals surface area contributed by atoms with Gasteiger partial charge in [0.1, 0.15) is 5.82 Å². The fraction of sp³-hybridized carbons (Fsp3) is 0.310. The van der Waals surface area contributed by atoms with E-state index in [4.69, 9.17) is 4.74 Å². The Bertz CT molecular complexity index is 1250. The molecule has 2 atom stereocenters. The number of thiophene rings is 1. The van der Waals surface area contributed by atoms with Crippen molar-refractivity contribution in [2.24, 2.45) is 0 Å². The van der Waals surface area contributed by atoms with E-state index in [1.165, 1.54) is 42.8 Å². The zero-order valence-corrected chi connectivity index (χ0v) is 20.5. The Kier molecular flexibility index (Phi) is 6.09. The average molecular weight is 460 g/mol. The van der Waals surface area contributed by atoms with E-state index in [1.54, 1.807) is 12.1 Å². The van der Waals surface area contributed by atoms with Crippen molar-refractivity contribution in [2.45, 2.75) is 38.9 Å². The minimum Gasteiger partial charge on any atom is -0.368 e. The van der Waals surface area contributed by atoms with Crippen LogP contribution in [0.1, 0.15) is 46.3 Å². The minimum absolute atomic E-state index is 0.00800. The van der Waals surface area contributed by atoms with Gasteiger partial charge in [0.15, 0.2) is 0 Å². The summed E-state index contributed by atoms with van der Waals surface area (Å²) in [5.41, 5.74) is 7.58. The van der Waals surface area contributed by atoms with Crippen LogP contribution in [0.25, 0.3) is 20.5 Å². The first-order valence-corrected chi connectivity index (χ1v) is 12.4. The minimum atomic E-state index is -0.198. The number of hydrogen-bond donors (Lipinski definition) is 0. The highest BCUT2D eigenvalue weighted by Crippen LogP contribution is 2.45. The Labute approximate surface area is 199 Å². The fourth-order valence-electron chi connectivity index (χ4n) is 4.90. The zero-order valence-electron chi connectivity index (χ0n) is 19.7. The van der Waals surface area contributed by atoms with Crippen molar-refractivity contribution in [3.63, 3.8) is 0 Å². The van der Waals surface area contributed by atoms with Gasteiger partial charge in [-0.1, -0.05) is 36.4 Å². The molecule has 4 heteroatoms. The van der Waals surface area contributed by atoms with E-state index in [9.17, 15) is 4.39 Å². The van der Waals surface area contributed by atoms with Gasteiger partial charge in [0.25, 0.3) is 0 Å². The molecule has 3 aromatic carbocycles. The van der Waals surface area contributed by atoms with Crippen molar-refractivity contribution >= 4 is 21.4 Å². The Morgan fingerprint density at radius 3 is 2.48 bits per heavy atom. The van der Waals surface area contributed by atoms with Crippen molar-refractivity contribution in [3.05, 3.63) is 94.3 Å². The molecule has 0 amide bonds. The molecule has 2 heterocycles. The van der Waals surface area contributed by atoms with E-state index < -0.39 is 0 Å². The van der Waals surface area contributed by atoms with Crippen molar-refractivity contribution < 1.29 is 9.13 Å². The molecule has 1 aromatic heterocycles. The number of ether oxygens (including phenoxy) is 1. The van der Waals surface area contributed by atoms with Crippen molar-refractivity contribution in [3.8, 4) is 10.4 Å². The number of fused-ring (bicyclic) bond motifs is 2. The predicted octanol–water partition coefficient (Wildman–Crippen LogP) is 7.63. The van der Waals surface area contributed by atoms with Gasteiger partial charge in [-0.05, 0) is 104 Å². The first-order valence-electron chi connectivity index (χ1n) is 11.6. The van der Waals surface area contributed by atoms with E-state index in [1.807, 2.05) is 23.5 Å². The van der Waals surface area contributed by atoms with Crippen LogP contribution in [0.4, 0.5) is 4.39 Å². The maximum atomic E-state index is 13.6. The van der Waals surface area contributed by atoms with Crippen LogP contribution in [0.5, 0.6) is 0 Å². The average Bonchev–Trinajstić information content (AvgIpc) is 3.43. The fourth-order valence-corrected chi connectivity index (χ4v) is 6.10. The summed E-state index contributed by atoms with van der Waals surface area (Å²) in [6, 6.07) is 20.5. The molecule has 1 aliphatic heterocycles. The Hall–Kier alpha value is -2.53. The largest absolute Gasteiger partial charge is 0.368 e. The molecule has 0 saturated carbocycles. The second-order valence-corrected chi connectivity index (χ2v) is 10.5. The topological polar surface area (TPSA) is 12.5 Å². The Balaban J connectivity index is 1.49. The van der Waals surface area contributed by atoms with Crippen LogP contribution in [-0.4, -0.2) is 25.5 Å². The van der Waals surface area contributed by atoms with E-state index >= 15 is 0 Å². The molecule has 2 nitrogen and oxygen atoms in total. The van der Waals surface area contributed by atoms with E-state index in [-0.39, 0.29) is 17.8 Å². The molecule has 0 aliphatic carbocycles. The molecule has 0 saturated heterocycles. The number of nitrogens with zero attached hydrogens (tertiary/aromatic N) is 1. The monoisotopic (exact) mass is 459 g/mol. The molecule has 2 unspecified atom stereocenters. The normalized spacial score (nSPS) is 16.5. The van der Waals surface area contributed by atoms with Crippen LogP contribution in [0, 0.1) is 19.7 Å². The molecule has 0 radical (unpaired) electrons. The second-order valence-electron chi connectivity index (χ2n) is 9.45. The molecular formula is C29H30FNOS. The van der Waals surface area contributed by atoms with Gasteiger partial charge in [0.05, 0.1) is 12.7 Å². The van der Waals surface area contributed by atoms with Gasteiger partial charge < -0.3 is 9.64 Å². The standard InChI is InChI=1S/C29H30FNOS/c1-18-5-6-19(2)29-26(18)16-27(33-29)21-9-12-24-22(15-21)17-32-28(24)25(13-14-31(3)4)20-7-10-23(30)11-8-20/h5-12,15-16,25,28H,13-14,17H2,1-4H3. The lowest BCUT2D eigenvalue weighted by Crippen LogP contribution is -2.19. The van der Waals surface area contributed by atoms with Gasteiger partial charge in [0, 0.05) is 15.5 Å². The lowest BCUT2D eigenvalue weighted by molar-refractivity contribution is 0.0420. The molecule has 0 fully saturated rings. The van der Waals surface area contributed by atoms with Crippen LogP contribution < -0.4 is 0 Å². The quantitative estimate of drug-likeness (QED) is 0.294. The van der Waals surface area contributed by atoms with Gasteiger partial charge in [0.2, 0.25) is 0 Å². The lowest BCUT2D eigenvalue weighted by atomic mass is 9.85. The molecule has 0 bridgehead atoms. The van der Waals surface area contributed by atoms with E-state index in [0.717, 1.165) is 18.5 Å². The third-order valence-corrected chi connectivity index (χ3v) is 8.12. The van der Waals surface area contributed by atoms with Gasteiger partial charge >= 0.3 is 0 Å². The summed E-state index contributed by atoms with van der Waals surface area (Å²) in [6.07, 6.45) is 0.950. The predicted molar refractivity (Wildman–Crippen MR) is 137 cm³/mol. The highest BCUT2D eigenvalue weighted by molar-refractivity contribution is 7.22. The molecule has 33 heavy (non-hydrogen) atoms. The van der Waals surface area contributed by atoms with Crippen LogP contribution in [-0.2, 0) is 11.3 Å². The van der Waals surface area contributed by atoms with Gasteiger partial charge in [-0.2, -0.15) is 0 Å². The molecule has 170 valence electrons. The molecule has 5 rings (SSSR count). The van der Waals surface area contributed by atoms with E-state index in [0.29, 0.717) is 6.61 Å². The number of aryl methyl sites for hydroxylation is 2. The van der Waals surface area contributed by atoms with E-state index in [2.05, 4.69) is 69.2 Å². The SMILES string of the molecule is Cc1ccc(C)c2sc(-c3ccc4c(c3)COC4C(CCN(C)C)c3ccc(F)cc3)cc12. The molecule has 0 spiro atoms. The number of rotatable bonds is 6. The maximum absolute atomic E-state index is 13.6. The summed E-state index contributed by atoms with van der Waals surface area (Å²) >= 11 is 1.87. The van der Waals surface area contributed by atoms with Gasteiger partial charge in [-0.25, -0.2) is 4.39 Å². The molecule has 0 N–H and O–H groups in total. The summed E-state index contributed by atoms with van der Waals surface area (Å²) in [5, 5.41) is 1.35. The smallest absolute Gasteiger partial charge is 0.123 e. The summed E-state index contributed by atoms with van der Waals surface area (Å²) < 4.78 is 21.3. The lowest BCUT2D eigenvalue weighted by Gasteiger charge is -2.26. The van der Waals surface area contributed by atoms with Crippen LogP contribution >= 0.6 is 11.3 Å². The first kappa shape index (κ1) is 22.3. The number of halogens is 1. The van der Waals surface area contributed by atoms with Gasteiger partial charge in [-0.15, -0.1) is 11.3 Å². The third kappa shape index (κ3) is 4.35. The van der Waals surface area contributed by atoms with Crippen LogP contribution in [0.2, 0.25) is 0 Å². The number of hydrogen-bond acceptors (Lipinski definition) is 3. The molecule has 1 aliphatic rings. The maximum Gasteiger partial charge on any atom is 0.123 e. The third-order valence-electron chi connectivity index (χ3n) is 6.80. The second kappa shape index (κ2) is 9.02. The Morgan fingerprint density at radius 1 is 1.00 bits per heavy atom. The molecule has 4 aromatic rings. The number of benzene rings is 3.